The first-order valence-electron chi connectivity index (χ1n) is 8.53. The number of anilines is 1. The van der Waals surface area contributed by atoms with Gasteiger partial charge >= 0.3 is 6.09 Å². The summed E-state index contributed by atoms with van der Waals surface area (Å²) in [5, 5.41) is 2.77. The average Bonchev–Trinajstić information content (AvgIpc) is 2.57. The number of carbonyl (C=O) groups excluding carboxylic acids is 1. The average molecular weight is 322 g/mol. The fourth-order valence-electron chi connectivity index (χ4n) is 2.74. The largest absolute Gasteiger partial charge is 0.448 e. The lowest BCUT2D eigenvalue weighted by Gasteiger charge is -2.26. The fraction of sp³-hybridized carbons (Fsp3) is 0.611. The lowest BCUT2D eigenvalue weighted by Crippen LogP contribution is -2.38. The van der Waals surface area contributed by atoms with Crippen molar-refractivity contribution < 1.29 is 15.7 Å². The molecule has 0 aliphatic carbocycles. The van der Waals surface area contributed by atoms with E-state index < -0.39 is 6.09 Å². The van der Waals surface area contributed by atoms with E-state index in [4.69, 9.17) is 9.47 Å². The number of nitrogens with one attached hydrogen (secondary N) is 1. The molecule has 1 heterocycles. The molecule has 0 radical (unpaired) electrons. The van der Waals surface area contributed by atoms with Crippen molar-refractivity contribution in [3.05, 3.63) is 29.8 Å². The minimum absolute atomic E-state index is 0. The van der Waals surface area contributed by atoms with Gasteiger partial charge in [0.1, 0.15) is 6.61 Å². The van der Waals surface area contributed by atoms with Crippen LogP contribution in [0.4, 0.5) is 10.5 Å². The Balaban J connectivity index is 0.00000288. The second kappa shape index (κ2) is 9.53. The third-order valence-corrected chi connectivity index (χ3v) is 4.19. The summed E-state index contributed by atoms with van der Waals surface area (Å²) in [4.78, 5) is 14.0. The van der Waals surface area contributed by atoms with E-state index in [2.05, 4.69) is 36.2 Å². The van der Waals surface area contributed by atoms with E-state index in [1.54, 1.807) is 0 Å². The SMILES string of the molecule is CCCC(C)c1ccc(NC(=O)OCCN2CCOCC2)cc1.[HH]. The van der Waals surface area contributed by atoms with Gasteiger partial charge < -0.3 is 9.47 Å². The smallest absolute Gasteiger partial charge is 0.411 e. The normalized spacial score (nSPS) is 16.8. The highest BCUT2D eigenvalue weighted by Crippen LogP contribution is 2.22. The van der Waals surface area contributed by atoms with Gasteiger partial charge in [0, 0.05) is 26.7 Å². The van der Waals surface area contributed by atoms with Crippen molar-refractivity contribution in [2.24, 2.45) is 0 Å². The molecule has 1 unspecified atom stereocenters. The number of ether oxygens (including phenoxy) is 2. The molecule has 23 heavy (non-hydrogen) atoms. The van der Waals surface area contributed by atoms with Gasteiger partial charge in [-0.2, -0.15) is 0 Å². The Morgan fingerprint density at radius 1 is 1.35 bits per heavy atom. The van der Waals surface area contributed by atoms with Gasteiger partial charge in [-0.05, 0) is 30.0 Å². The maximum absolute atomic E-state index is 11.8. The number of carbonyl (C=O) groups is 1. The number of benzene rings is 1. The zero-order valence-electron chi connectivity index (χ0n) is 14.2. The topological polar surface area (TPSA) is 50.8 Å². The maximum atomic E-state index is 11.8. The van der Waals surface area contributed by atoms with Crippen molar-refractivity contribution in [2.75, 3.05) is 44.8 Å². The monoisotopic (exact) mass is 322 g/mol. The number of rotatable bonds is 7. The molecule has 1 N–H and O–H groups in total. The Bertz CT molecular complexity index is 476. The highest BCUT2D eigenvalue weighted by atomic mass is 16.5. The molecule has 1 aromatic carbocycles. The number of hydrogen-bond donors (Lipinski definition) is 1. The molecule has 0 spiro atoms. The number of hydrogen-bond acceptors (Lipinski definition) is 4. The number of nitrogens with zero attached hydrogens (tertiary/aromatic N) is 1. The standard InChI is InChI=1S/C18H28N2O3.H2/c1-3-4-15(2)16-5-7-17(8-6-16)19-18(21)23-14-11-20-9-12-22-13-10-20;/h5-8,15H,3-4,9-14H2,1-2H3,(H,19,21);1H. The molecule has 0 saturated carbocycles. The van der Waals surface area contributed by atoms with Gasteiger partial charge in [-0.3, -0.25) is 10.2 Å². The molecule has 130 valence electrons. The van der Waals surface area contributed by atoms with Crippen molar-refractivity contribution >= 4 is 11.8 Å². The van der Waals surface area contributed by atoms with Crippen LogP contribution in [0, 0.1) is 0 Å². The lowest BCUT2D eigenvalue weighted by atomic mass is 9.96. The summed E-state index contributed by atoms with van der Waals surface area (Å²) < 4.78 is 10.5. The molecule has 0 bridgehead atoms. The van der Waals surface area contributed by atoms with Gasteiger partial charge in [0.2, 0.25) is 0 Å². The molecule has 1 fully saturated rings. The van der Waals surface area contributed by atoms with Crippen LogP contribution < -0.4 is 5.32 Å². The van der Waals surface area contributed by atoms with Crippen LogP contribution in [0.5, 0.6) is 0 Å². The van der Waals surface area contributed by atoms with Crippen LogP contribution in [0.2, 0.25) is 0 Å². The van der Waals surface area contributed by atoms with Gasteiger partial charge in [-0.15, -0.1) is 0 Å². The first-order chi connectivity index (χ1) is 11.2. The van der Waals surface area contributed by atoms with Crippen LogP contribution in [0.3, 0.4) is 0 Å². The van der Waals surface area contributed by atoms with Crippen LogP contribution in [-0.2, 0) is 9.47 Å². The van der Waals surface area contributed by atoms with E-state index in [1.165, 1.54) is 18.4 Å². The first kappa shape index (κ1) is 17.8. The van der Waals surface area contributed by atoms with E-state index in [1.807, 2.05) is 12.1 Å². The van der Waals surface area contributed by atoms with Gasteiger partial charge in [0.05, 0.1) is 13.2 Å². The quantitative estimate of drug-likeness (QED) is 0.831. The molecular formula is C18H30N2O3. The van der Waals surface area contributed by atoms with Crippen LogP contribution in [0.15, 0.2) is 24.3 Å². The van der Waals surface area contributed by atoms with Crippen LogP contribution in [-0.4, -0.2) is 50.4 Å². The summed E-state index contributed by atoms with van der Waals surface area (Å²) in [5.74, 6) is 0.550. The number of morpholine rings is 1. The minimum atomic E-state index is -0.396. The summed E-state index contributed by atoms with van der Waals surface area (Å²) in [6.07, 6.45) is 1.96. The Morgan fingerprint density at radius 3 is 2.70 bits per heavy atom. The molecular weight excluding hydrogens is 292 g/mol. The molecule has 1 atom stereocenters. The summed E-state index contributed by atoms with van der Waals surface area (Å²) in [7, 11) is 0. The molecule has 1 saturated heterocycles. The van der Waals surface area contributed by atoms with Gasteiger partial charge in [0.25, 0.3) is 0 Å². The molecule has 5 heteroatoms. The molecule has 1 amide bonds. The van der Waals surface area contributed by atoms with E-state index in [0.29, 0.717) is 12.5 Å². The Kier molecular flexibility index (Phi) is 7.36. The van der Waals surface area contributed by atoms with Crippen LogP contribution in [0.1, 0.15) is 39.6 Å². The minimum Gasteiger partial charge on any atom is -0.448 e. The Hall–Kier alpha value is -1.59. The molecule has 5 nitrogen and oxygen atoms in total. The first-order valence-corrected chi connectivity index (χ1v) is 8.53. The van der Waals surface area contributed by atoms with E-state index in [9.17, 15) is 4.79 Å². The fourth-order valence-corrected chi connectivity index (χ4v) is 2.74. The maximum Gasteiger partial charge on any atom is 0.411 e. The lowest BCUT2D eigenvalue weighted by molar-refractivity contribution is 0.0290. The summed E-state index contributed by atoms with van der Waals surface area (Å²) >= 11 is 0. The van der Waals surface area contributed by atoms with Crippen molar-refractivity contribution in [2.45, 2.75) is 32.6 Å². The molecule has 1 aromatic rings. The van der Waals surface area contributed by atoms with E-state index in [0.717, 1.165) is 38.5 Å². The number of amides is 1. The predicted octanol–water partition coefficient (Wildman–Crippen LogP) is 3.72. The summed E-state index contributed by atoms with van der Waals surface area (Å²) in [5.41, 5.74) is 2.08. The van der Waals surface area contributed by atoms with Crippen LogP contribution >= 0.6 is 0 Å². The van der Waals surface area contributed by atoms with Gasteiger partial charge in [-0.25, -0.2) is 4.79 Å². The van der Waals surface area contributed by atoms with Crippen molar-refractivity contribution in [1.29, 1.82) is 0 Å². The summed E-state index contributed by atoms with van der Waals surface area (Å²) in [6.45, 7) is 8.90. The second-order valence-corrected chi connectivity index (χ2v) is 6.03. The molecule has 1 aliphatic heterocycles. The van der Waals surface area contributed by atoms with Crippen LogP contribution in [0.25, 0.3) is 0 Å². The third-order valence-electron chi connectivity index (χ3n) is 4.19. The van der Waals surface area contributed by atoms with Gasteiger partial charge in [-0.1, -0.05) is 32.4 Å². The van der Waals surface area contributed by atoms with Gasteiger partial charge in [0.15, 0.2) is 0 Å². The van der Waals surface area contributed by atoms with Crippen molar-refractivity contribution in [3.8, 4) is 0 Å². The highest BCUT2D eigenvalue weighted by Gasteiger charge is 2.11. The summed E-state index contributed by atoms with van der Waals surface area (Å²) in [6, 6.07) is 8.02. The predicted molar refractivity (Wildman–Crippen MR) is 94.1 cm³/mol. The second-order valence-electron chi connectivity index (χ2n) is 6.03. The third kappa shape index (κ3) is 6.20. The van der Waals surface area contributed by atoms with E-state index >= 15 is 0 Å². The molecule has 0 aromatic heterocycles. The Morgan fingerprint density at radius 2 is 2.04 bits per heavy atom. The van der Waals surface area contributed by atoms with E-state index in [-0.39, 0.29) is 1.43 Å². The highest BCUT2D eigenvalue weighted by molar-refractivity contribution is 5.84. The molecule has 1 aliphatic rings. The van der Waals surface area contributed by atoms with Crippen molar-refractivity contribution in [3.63, 3.8) is 0 Å². The zero-order chi connectivity index (χ0) is 16.5. The molecule has 2 rings (SSSR count). The van der Waals surface area contributed by atoms with Crippen molar-refractivity contribution in [1.82, 2.24) is 4.90 Å². The zero-order valence-corrected chi connectivity index (χ0v) is 14.2. The Labute approximate surface area is 140 Å².